The summed E-state index contributed by atoms with van der Waals surface area (Å²) >= 11 is 0. The maximum atomic E-state index is 12.5. The van der Waals surface area contributed by atoms with Crippen LogP contribution in [0.15, 0.2) is 23.0 Å². The number of hydrogen-bond acceptors (Lipinski definition) is 7. The zero-order valence-electron chi connectivity index (χ0n) is 16.3. The number of nitrogens with two attached hydrogens (primary N) is 1. The maximum Gasteiger partial charge on any atom is 0.328 e. The molecule has 0 unspecified atom stereocenters. The Morgan fingerprint density at radius 2 is 2.14 bits per heavy atom. The molecule has 0 atom stereocenters. The number of hydrogen-bond donors (Lipinski definition) is 3. The molecule has 0 fully saturated rings. The molecular weight excluding hydrogens is 378 g/mol. The number of methoxy groups -OCH3 is 1. The van der Waals surface area contributed by atoms with Gasteiger partial charge in [-0.15, -0.1) is 0 Å². The van der Waals surface area contributed by atoms with E-state index in [1.54, 1.807) is 18.2 Å². The molecule has 0 radical (unpaired) electrons. The van der Waals surface area contributed by atoms with E-state index in [4.69, 9.17) is 20.3 Å². The van der Waals surface area contributed by atoms with Gasteiger partial charge < -0.3 is 25.3 Å². The molecule has 3 rings (SSSR count). The highest BCUT2D eigenvalue weighted by Crippen LogP contribution is 2.23. The Kier molecular flexibility index (Phi) is 6.01. The standard InChI is InChI=1S/C19H23N5O5/c1-3-4-7-29-18-22-16(20)15-17(23-18)24(19(27)21-15)10-11-5-6-13(28-2)12(8-11)9-14(25)26/h5-6,8H,3-4,7,9-10H2,1-2H3,(H,21,27)(H,25,26)(H2,20,22,23). The molecule has 29 heavy (non-hydrogen) atoms. The van der Waals surface area contributed by atoms with E-state index >= 15 is 0 Å². The van der Waals surface area contributed by atoms with Crippen molar-refractivity contribution in [3.05, 3.63) is 39.8 Å². The maximum absolute atomic E-state index is 12.5. The van der Waals surface area contributed by atoms with Gasteiger partial charge in [-0.3, -0.25) is 9.36 Å². The van der Waals surface area contributed by atoms with E-state index in [-0.39, 0.29) is 24.8 Å². The summed E-state index contributed by atoms with van der Waals surface area (Å²) in [4.78, 5) is 34.7. The summed E-state index contributed by atoms with van der Waals surface area (Å²) in [5.41, 5.74) is 7.45. The molecule has 0 saturated heterocycles. The molecule has 0 bridgehead atoms. The summed E-state index contributed by atoms with van der Waals surface area (Å²) in [7, 11) is 1.48. The monoisotopic (exact) mass is 401 g/mol. The number of unbranched alkanes of at least 4 members (excludes halogenated alkanes) is 1. The largest absolute Gasteiger partial charge is 0.496 e. The summed E-state index contributed by atoms with van der Waals surface area (Å²) < 4.78 is 12.2. The topological polar surface area (TPSA) is 145 Å². The number of rotatable bonds is 9. The normalized spacial score (nSPS) is 11.0. The lowest BCUT2D eigenvalue weighted by molar-refractivity contribution is -0.136. The number of aromatic nitrogens is 4. The van der Waals surface area contributed by atoms with Crippen molar-refractivity contribution >= 4 is 23.0 Å². The van der Waals surface area contributed by atoms with Crippen LogP contribution in [-0.4, -0.2) is 44.3 Å². The summed E-state index contributed by atoms with van der Waals surface area (Å²) in [6.07, 6.45) is 1.62. The molecule has 0 spiro atoms. The number of benzene rings is 1. The Morgan fingerprint density at radius 1 is 1.34 bits per heavy atom. The molecule has 2 aromatic heterocycles. The van der Waals surface area contributed by atoms with Gasteiger partial charge in [0.25, 0.3) is 0 Å². The molecule has 0 aliphatic carbocycles. The number of fused-ring (bicyclic) bond motifs is 1. The average Bonchev–Trinajstić information content (AvgIpc) is 2.98. The highest BCUT2D eigenvalue weighted by Gasteiger charge is 2.16. The Bertz CT molecular complexity index is 1090. The Balaban J connectivity index is 1.98. The Morgan fingerprint density at radius 3 is 2.83 bits per heavy atom. The first-order valence-corrected chi connectivity index (χ1v) is 9.19. The van der Waals surface area contributed by atoms with Crippen LogP contribution in [0.3, 0.4) is 0 Å². The average molecular weight is 401 g/mol. The lowest BCUT2D eigenvalue weighted by Crippen LogP contribution is -2.18. The van der Waals surface area contributed by atoms with Crippen LogP contribution in [0.5, 0.6) is 11.8 Å². The first kappa shape index (κ1) is 20.2. The molecular formula is C19H23N5O5. The van der Waals surface area contributed by atoms with Crippen molar-refractivity contribution in [3.63, 3.8) is 0 Å². The fraction of sp³-hybridized carbons (Fsp3) is 0.368. The number of imidazole rings is 1. The summed E-state index contributed by atoms with van der Waals surface area (Å²) in [6, 6.07) is 5.24. The minimum absolute atomic E-state index is 0.109. The number of aliphatic carboxylic acids is 1. The van der Waals surface area contributed by atoms with Crippen molar-refractivity contribution < 1.29 is 19.4 Å². The van der Waals surface area contributed by atoms with Gasteiger partial charge >= 0.3 is 17.7 Å². The van der Waals surface area contributed by atoms with Gasteiger partial charge in [0, 0.05) is 5.56 Å². The lowest BCUT2D eigenvalue weighted by atomic mass is 10.1. The van der Waals surface area contributed by atoms with E-state index in [1.165, 1.54) is 11.7 Å². The third-order valence-electron chi connectivity index (χ3n) is 4.39. The van der Waals surface area contributed by atoms with Gasteiger partial charge in [-0.2, -0.15) is 9.97 Å². The van der Waals surface area contributed by atoms with Gasteiger partial charge in [0.1, 0.15) is 11.3 Å². The first-order chi connectivity index (χ1) is 13.9. The van der Waals surface area contributed by atoms with Crippen LogP contribution >= 0.6 is 0 Å². The van der Waals surface area contributed by atoms with Crippen molar-refractivity contribution in [2.45, 2.75) is 32.7 Å². The van der Waals surface area contributed by atoms with Gasteiger partial charge in [0.2, 0.25) is 0 Å². The van der Waals surface area contributed by atoms with Crippen LogP contribution in [0.25, 0.3) is 11.2 Å². The second-order valence-corrected chi connectivity index (χ2v) is 6.53. The highest BCUT2D eigenvalue weighted by molar-refractivity contribution is 5.82. The number of aromatic amines is 1. The number of nitrogens with zero attached hydrogens (tertiary/aromatic N) is 3. The molecule has 3 aromatic rings. The van der Waals surface area contributed by atoms with Crippen molar-refractivity contribution in [2.24, 2.45) is 0 Å². The van der Waals surface area contributed by atoms with E-state index in [0.717, 1.165) is 18.4 Å². The van der Waals surface area contributed by atoms with Crippen molar-refractivity contribution in [1.82, 2.24) is 19.5 Å². The smallest absolute Gasteiger partial charge is 0.328 e. The van der Waals surface area contributed by atoms with E-state index in [0.29, 0.717) is 29.1 Å². The zero-order valence-corrected chi connectivity index (χ0v) is 16.3. The van der Waals surface area contributed by atoms with Crippen molar-refractivity contribution in [1.29, 1.82) is 0 Å². The molecule has 0 amide bonds. The van der Waals surface area contributed by atoms with E-state index < -0.39 is 11.7 Å². The second-order valence-electron chi connectivity index (χ2n) is 6.53. The minimum Gasteiger partial charge on any atom is -0.496 e. The second kappa shape index (κ2) is 8.63. The zero-order chi connectivity index (χ0) is 21.0. The van der Waals surface area contributed by atoms with E-state index in [9.17, 15) is 9.59 Å². The van der Waals surface area contributed by atoms with E-state index in [2.05, 4.69) is 15.0 Å². The molecule has 0 aliphatic rings. The van der Waals surface area contributed by atoms with Crippen molar-refractivity contribution in [3.8, 4) is 11.8 Å². The number of carboxylic acid groups (broad SMARTS) is 1. The van der Waals surface area contributed by atoms with Gasteiger partial charge in [0.05, 0.1) is 26.7 Å². The quantitative estimate of drug-likeness (QED) is 0.458. The predicted octanol–water partition coefficient (Wildman–Crippen LogP) is 1.56. The van der Waals surface area contributed by atoms with Crippen LogP contribution < -0.4 is 20.9 Å². The summed E-state index contributed by atoms with van der Waals surface area (Å²) in [5.74, 6) is -0.377. The molecule has 0 aliphatic heterocycles. The Labute approximate surface area is 166 Å². The predicted molar refractivity (Wildman–Crippen MR) is 106 cm³/mol. The van der Waals surface area contributed by atoms with Gasteiger partial charge in [-0.05, 0) is 24.1 Å². The number of carbonyl (C=O) groups is 1. The number of nitrogen functional groups attached to an aromatic ring is 1. The van der Waals surface area contributed by atoms with Crippen LogP contribution in [0.1, 0.15) is 30.9 Å². The minimum atomic E-state index is -0.973. The molecule has 154 valence electrons. The number of H-pyrrole nitrogens is 1. The van der Waals surface area contributed by atoms with Crippen molar-refractivity contribution in [2.75, 3.05) is 19.5 Å². The van der Waals surface area contributed by atoms with Gasteiger partial charge in [0.15, 0.2) is 11.5 Å². The number of carboxylic acids is 1. The lowest BCUT2D eigenvalue weighted by Gasteiger charge is -2.10. The fourth-order valence-corrected chi connectivity index (χ4v) is 2.96. The SMILES string of the molecule is CCCCOc1nc(N)c2[nH]c(=O)n(Cc3ccc(OC)c(CC(=O)O)c3)c2n1. The first-order valence-electron chi connectivity index (χ1n) is 9.19. The molecule has 2 heterocycles. The highest BCUT2D eigenvalue weighted by atomic mass is 16.5. The Hall–Kier alpha value is -3.56. The van der Waals surface area contributed by atoms with Crippen LogP contribution in [0, 0.1) is 0 Å². The summed E-state index contributed by atoms with van der Waals surface area (Å²) in [5, 5.41) is 9.11. The van der Waals surface area contributed by atoms with Crippen LogP contribution in [0.2, 0.25) is 0 Å². The molecule has 0 saturated carbocycles. The van der Waals surface area contributed by atoms with Crippen LogP contribution in [-0.2, 0) is 17.8 Å². The van der Waals surface area contributed by atoms with E-state index in [1.807, 2.05) is 6.92 Å². The molecule has 1 aromatic carbocycles. The van der Waals surface area contributed by atoms with Gasteiger partial charge in [-0.1, -0.05) is 19.4 Å². The molecule has 10 nitrogen and oxygen atoms in total. The number of ether oxygens (including phenoxy) is 2. The third-order valence-corrected chi connectivity index (χ3v) is 4.39. The summed E-state index contributed by atoms with van der Waals surface area (Å²) in [6.45, 7) is 2.66. The fourth-order valence-electron chi connectivity index (χ4n) is 2.96. The van der Waals surface area contributed by atoms with Gasteiger partial charge in [-0.25, -0.2) is 4.79 Å². The molecule has 4 N–H and O–H groups in total. The number of nitrogens with one attached hydrogen (secondary N) is 1. The van der Waals surface area contributed by atoms with Crippen LogP contribution in [0.4, 0.5) is 5.82 Å². The molecule has 10 heteroatoms. The number of anilines is 1. The third kappa shape index (κ3) is 4.48.